The van der Waals surface area contributed by atoms with Gasteiger partial charge in [-0.05, 0) is 17.7 Å². The fourth-order valence-electron chi connectivity index (χ4n) is 0.762. The number of benzene rings is 1. The van der Waals surface area contributed by atoms with Gasteiger partial charge in [-0.15, -0.1) is 0 Å². The zero-order valence-corrected chi connectivity index (χ0v) is 7.45. The van der Waals surface area contributed by atoms with E-state index in [-0.39, 0.29) is 0 Å². The molecule has 3 heteroatoms. The van der Waals surface area contributed by atoms with Crippen LogP contribution in [0, 0.1) is 0 Å². The molecule has 0 aliphatic rings. The van der Waals surface area contributed by atoms with Crippen LogP contribution in [0.4, 0.5) is 0 Å². The Morgan fingerprint density at radius 1 is 1.25 bits per heavy atom. The van der Waals surface area contributed by atoms with Crippen LogP contribution in [-0.4, -0.2) is 19.3 Å². The molecule has 12 heavy (non-hydrogen) atoms. The lowest BCUT2D eigenvalue weighted by atomic mass is 10.2. The summed E-state index contributed by atoms with van der Waals surface area (Å²) in [6, 6.07) is 7.72. The SMILES string of the molecule is CO.COc1ccc(CN)cc1. The Balaban J connectivity index is 0.000000561. The number of ether oxygens (including phenoxy) is 1. The zero-order chi connectivity index (χ0) is 9.40. The Kier molecular flexibility index (Phi) is 6.05. The van der Waals surface area contributed by atoms with Crippen molar-refractivity contribution in [3.63, 3.8) is 0 Å². The van der Waals surface area contributed by atoms with Crippen molar-refractivity contribution in [2.75, 3.05) is 14.2 Å². The lowest BCUT2D eigenvalue weighted by Gasteiger charge is -1.99. The van der Waals surface area contributed by atoms with Crippen molar-refractivity contribution in [1.29, 1.82) is 0 Å². The van der Waals surface area contributed by atoms with Gasteiger partial charge in [-0.1, -0.05) is 12.1 Å². The number of hydrogen-bond donors (Lipinski definition) is 2. The molecule has 0 aromatic heterocycles. The number of hydrogen-bond acceptors (Lipinski definition) is 3. The maximum atomic E-state index is 7.00. The van der Waals surface area contributed by atoms with Crippen LogP contribution in [0.5, 0.6) is 5.75 Å². The van der Waals surface area contributed by atoms with E-state index >= 15 is 0 Å². The third-order valence-corrected chi connectivity index (χ3v) is 1.39. The Morgan fingerprint density at radius 3 is 2.08 bits per heavy atom. The molecule has 0 unspecified atom stereocenters. The molecule has 0 aliphatic carbocycles. The summed E-state index contributed by atoms with van der Waals surface area (Å²) in [5.74, 6) is 0.872. The molecule has 0 saturated carbocycles. The lowest BCUT2D eigenvalue weighted by Crippen LogP contribution is -1.95. The van der Waals surface area contributed by atoms with Crippen molar-refractivity contribution >= 4 is 0 Å². The normalized spacial score (nSPS) is 8.33. The van der Waals surface area contributed by atoms with Gasteiger partial charge in [-0.3, -0.25) is 0 Å². The Hall–Kier alpha value is -1.06. The number of aliphatic hydroxyl groups is 1. The smallest absolute Gasteiger partial charge is 0.118 e. The summed E-state index contributed by atoms with van der Waals surface area (Å²) in [5, 5.41) is 7.00. The van der Waals surface area contributed by atoms with Gasteiger partial charge < -0.3 is 15.6 Å². The second kappa shape index (κ2) is 6.64. The van der Waals surface area contributed by atoms with Crippen molar-refractivity contribution in [3.8, 4) is 5.75 Å². The van der Waals surface area contributed by atoms with E-state index < -0.39 is 0 Å². The van der Waals surface area contributed by atoms with Crippen molar-refractivity contribution in [2.24, 2.45) is 5.73 Å². The third-order valence-electron chi connectivity index (χ3n) is 1.39. The molecule has 3 nitrogen and oxygen atoms in total. The van der Waals surface area contributed by atoms with E-state index in [2.05, 4.69) is 0 Å². The third kappa shape index (κ3) is 3.37. The van der Waals surface area contributed by atoms with Crippen LogP contribution >= 0.6 is 0 Å². The minimum Gasteiger partial charge on any atom is -0.497 e. The zero-order valence-electron chi connectivity index (χ0n) is 7.45. The molecular weight excluding hydrogens is 154 g/mol. The van der Waals surface area contributed by atoms with Crippen LogP contribution in [0.3, 0.4) is 0 Å². The van der Waals surface area contributed by atoms with E-state index in [1.165, 1.54) is 0 Å². The summed E-state index contributed by atoms with van der Waals surface area (Å²) < 4.78 is 4.97. The minimum absolute atomic E-state index is 0.587. The summed E-state index contributed by atoms with van der Waals surface area (Å²) >= 11 is 0. The van der Waals surface area contributed by atoms with Crippen LogP contribution in [0.15, 0.2) is 24.3 Å². The number of nitrogens with two attached hydrogens (primary N) is 1. The standard InChI is InChI=1S/C8H11NO.CH4O/c1-10-8-4-2-7(6-9)3-5-8;1-2/h2-5H,6,9H2,1H3;2H,1H3. The molecular formula is C9H15NO2. The van der Waals surface area contributed by atoms with E-state index in [0.717, 1.165) is 18.4 Å². The first kappa shape index (κ1) is 10.9. The van der Waals surface area contributed by atoms with Gasteiger partial charge in [0.25, 0.3) is 0 Å². The molecule has 0 saturated heterocycles. The summed E-state index contributed by atoms with van der Waals surface area (Å²) in [5.41, 5.74) is 6.53. The molecule has 0 amide bonds. The molecule has 1 aromatic carbocycles. The molecule has 68 valence electrons. The predicted octanol–water partition coefficient (Wildman–Crippen LogP) is 0.762. The maximum Gasteiger partial charge on any atom is 0.118 e. The number of rotatable bonds is 2. The predicted molar refractivity (Wildman–Crippen MR) is 49.0 cm³/mol. The largest absolute Gasteiger partial charge is 0.497 e. The van der Waals surface area contributed by atoms with Gasteiger partial charge >= 0.3 is 0 Å². The van der Waals surface area contributed by atoms with Gasteiger partial charge in [0, 0.05) is 13.7 Å². The Bertz CT molecular complexity index is 173. The van der Waals surface area contributed by atoms with E-state index in [1.807, 2.05) is 24.3 Å². The summed E-state index contributed by atoms with van der Waals surface area (Å²) in [6.07, 6.45) is 0. The monoisotopic (exact) mass is 169 g/mol. The van der Waals surface area contributed by atoms with Gasteiger partial charge in [0.05, 0.1) is 7.11 Å². The highest BCUT2D eigenvalue weighted by atomic mass is 16.5. The molecule has 3 N–H and O–H groups in total. The first-order valence-corrected chi connectivity index (χ1v) is 3.64. The number of aliphatic hydroxyl groups excluding tert-OH is 1. The van der Waals surface area contributed by atoms with Gasteiger partial charge in [-0.25, -0.2) is 0 Å². The van der Waals surface area contributed by atoms with Crippen LogP contribution in [0.1, 0.15) is 5.56 Å². The fourth-order valence-corrected chi connectivity index (χ4v) is 0.762. The van der Waals surface area contributed by atoms with Gasteiger partial charge in [0.15, 0.2) is 0 Å². The van der Waals surface area contributed by atoms with Crippen molar-refractivity contribution in [3.05, 3.63) is 29.8 Å². The van der Waals surface area contributed by atoms with E-state index in [4.69, 9.17) is 15.6 Å². The average molecular weight is 169 g/mol. The molecule has 0 heterocycles. The van der Waals surface area contributed by atoms with Gasteiger partial charge in [0.2, 0.25) is 0 Å². The Morgan fingerprint density at radius 2 is 1.75 bits per heavy atom. The molecule has 0 atom stereocenters. The fraction of sp³-hybridized carbons (Fsp3) is 0.333. The van der Waals surface area contributed by atoms with Crippen LogP contribution in [0.25, 0.3) is 0 Å². The number of methoxy groups -OCH3 is 1. The van der Waals surface area contributed by atoms with E-state index in [9.17, 15) is 0 Å². The van der Waals surface area contributed by atoms with Crippen molar-refractivity contribution in [1.82, 2.24) is 0 Å². The molecule has 1 aromatic rings. The molecule has 0 fully saturated rings. The van der Waals surface area contributed by atoms with Crippen LogP contribution in [0.2, 0.25) is 0 Å². The van der Waals surface area contributed by atoms with Crippen LogP contribution < -0.4 is 10.5 Å². The molecule has 0 spiro atoms. The molecule has 0 bridgehead atoms. The summed E-state index contributed by atoms with van der Waals surface area (Å²) in [7, 11) is 2.65. The van der Waals surface area contributed by atoms with Gasteiger partial charge in [-0.2, -0.15) is 0 Å². The van der Waals surface area contributed by atoms with Gasteiger partial charge in [0.1, 0.15) is 5.75 Å². The highest BCUT2D eigenvalue weighted by Crippen LogP contribution is 2.09. The minimum atomic E-state index is 0.587. The molecule has 1 rings (SSSR count). The summed E-state index contributed by atoms with van der Waals surface area (Å²) in [4.78, 5) is 0. The second-order valence-electron chi connectivity index (χ2n) is 2.05. The Labute approximate surface area is 72.8 Å². The average Bonchev–Trinajstić information content (AvgIpc) is 2.21. The van der Waals surface area contributed by atoms with Crippen LogP contribution in [-0.2, 0) is 6.54 Å². The second-order valence-corrected chi connectivity index (χ2v) is 2.05. The van der Waals surface area contributed by atoms with Crippen molar-refractivity contribution < 1.29 is 9.84 Å². The topological polar surface area (TPSA) is 55.5 Å². The van der Waals surface area contributed by atoms with E-state index in [1.54, 1.807) is 7.11 Å². The van der Waals surface area contributed by atoms with E-state index in [0.29, 0.717) is 6.54 Å². The quantitative estimate of drug-likeness (QED) is 0.687. The lowest BCUT2D eigenvalue weighted by molar-refractivity contribution is 0.399. The highest BCUT2D eigenvalue weighted by molar-refractivity contribution is 5.26. The highest BCUT2D eigenvalue weighted by Gasteiger charge is 1.89. The first-order chi connectivity index (χ1) is 5.86. The maximum absolute atomic E-state index is 7.00. The molecule has 0 radical (unpaired) electrons. The molecule has 0 aliphatic heterocycles. The summed E-state index contributed by atoms with van der Waals surface area (Å²) in [6.45, 7) is 0.587. The first-order valence-electron chi connectivity index (χ1n) is 3.64. The van der Waals surface area contributed by atoms with Crippen molar-refractivity contribution in [2.45, 2.75) is 6.54 Å².